The molecule has 0 radical (unpaired) electrons. The average Bonchev–Trinajstić information content (AvgIpc) is 2.23. The summed E-state index contributed by atoms with van der Waals surface area (Å²) in [7, 11) is 0. The Balaban J connectivity index is 4.28. The highest BCUT2D eigenvalue weighted by Gasteiger charge is 2.19. The van der Waals surface area contributed by atoms with Gasteiger partial charge in [-0.3, -0.25) is 4.79 Å². The van der Waals surface area contributed by atoms with Crippen LogP contribution in [0.4, 0.5) is 4.79 Å². The summed E-state index contributed by atoms with van der Waals surface area (Å²) in [6, 6.07) is -0.777. The van der Waals surface area contributed by atoms with Crippen LogP contribution in [0.5, 0.6) is 0 Å². The monoisotopic (exact) mass is 271 g/mol. The van der Waals surface area contributed by atoms with Crippen molar-refractivity contribution in [3.63, 3.8) is 0 Å². The van der Waals surface area contributed by atoms with Crippen molar-refractivity contribution in [2.75, 3.05) is 6.61 Å². The lowest BCUT2D eigenvalue weighted by molar-refractivity contribution is -0.137. The zero-order valence-corrected chi connectivity index (χ0v) is 12.0. The van der Waals surface area contributed by atoms with Crippen LogP contribution in [0, 0.1) is 0 Å². The summed E-state index contributed by atoms with van der Waals surface area (Å²) in [5.41, 5.74) is -0.631. The number of carbonyl (C=O) groups is 3. The SMILES string of the molecule is CCOC(=O)/C=C/C(=O)[C@H](C)NC(=O)OC(C)(C)C. The number of carbonyl (C=O) groups excluding carboxylic acids is 3. The van der Waals surface area contributed by atoms with Crippen molar-refractivity contribution in [3.05, 3.63) is 12.2 Å². The van der Waals surface area contributed by atoms with E-state index in [0.717, 1.165) is 12.2 Å². The number of esters is 1. The Bertz CT molecular complexity index is 368. The molecule has 0 unspecified atom stereocenters. The van der Waals surface area contributed by atoms with Crippen molar-refractivity contribution >= 4 is 17.8 Å². The summed E-state index contributed by atoms with van der Waals surface area (Å²) in [6.45, 7) is 8.57. The van der Waals surface area contributed by atoms with Gasteiger partial charge in [0, 0.05) is 6.08 Å². The molecule has 0 saturated carbocycles. The van der Waals surface area contributed by atoms with Crippen molar-refractivity contribution in [2.24, 2.45) is 0 Å². The molecule has 0 saturated heterocycles. The summed E-state index contributed by atoms with van der Waals surface area (Å²) in [5, 5.41) is 2.38. The number of ether oxygens (including phenoxy) is 2. The van der Waals surface area contributed by atoms with Crippen LogP contribution in [0.2, 0.25) is 0 Å². The van der Waals surface area contributed by atoms with Gasteiger partial charge in [-0.25, -0.2) is 9.59 Å². The summed E-state index contributed by atoms with van der Waals surface area (Å²) in [5.74, 6) is -1.01. The lowest BCUT2D eigenvalue weighted by Crippen LogP contribution is -2.41. The molecule has 1 N–H and O–H groups in total. The van der Waals surface area contributed by atoms with E-state index in [-0.39, 0.29) is 6.61 Å². The van der Waals surface area contributed by atoms with Crippen molar-refractivity contribution in [1.29, 1.82) is 0 Å². The van der Waals surface area contributed by atoms with Crippen molar-refractivity contribution < 1.29 is 23.9 Å². The van der Waals surface area contributed by atoms with E-state index in [4.69, 9.17) is 4.74 Å². The van der Waals surface area contributed by atoms with E-state index in [1.54, 1.807) is 27.7 Å². The van der Waals surface area contributed by atoms with Gasteiger partial charge in [-0.05, 0) is 40.7 Å². The van der Waals surface area contributed by atoms with Gasteiger partial charge in [0.15, 0.2) is 5.78 Å². The first-order valence-corrected chi connectivity index (χ1v) is 6.04. The third-order valence-electron chi connectivity index (χ3n) is 1.83. The summed E-state index contributed by atoms with van der Waals surface area (Å²) >= 11 is 0. The minimum Gasteiger partial charge on any atom is -0.463 e. The Hall–Kier alpha value is -1.85. The Morgan fingerprint density at radius 2 is 1.79 bits per heavy atom. The summed E-state index contributed by atoms with van der Waals surface area (Å²) < 4.78 is 9.63. The quantitative estimate of drug-likeness (QED) is 0.606. The molecule has 19 heavy (non-hydrogen) atoms. The van der Waals surface area contributed by atoms with Crippen LogP contribution in [0.3, 0.4) is 0 Å². The fourth-order valence-electron chi connectivity index (χ4n) is 1.04. The molecule has 6 nitrogen and oxygen atoms in total. The molecule has 0 aliphatic carbocycles. The maximum absolute atomic E-state index is 11.6. The van der Waals surface area contributed by atoms with Crippen LogP contribution < -0.4 is 5.32 Å². The number of amides is 1. The smallest absolute Gasteiger partial charge is 0.408 e. The van der Waals surface area contributed by atoms with Gasteiger partial charge in [-0.2, -0.15) is 0 Å². The predicted molar refractivity (Wildman–Crippen MR) is 69.6 cm³/mol. The summed E-state index contributed by atoms with van der Waals surface area (Å²) in [6.07, 6.45) is 1.41. The van der Waals surface area contributed by atoms with E-state index in [9.17, 15) is 14.4 Å². The minimum atomic E-state index is -0.777. The van der Waals surface area contributed by atoms with E-state index >= 15 is 0 Å². The molecule has 0 aliphatic rings. The maximum atomic E-state index is 11.6. The van der Waals surface area contributed by atoms with Crippen molar-refractivity contribution in [1.82, 2.24) is 5.32 Å². The van der Waals surface area contributed by atoms with Gasteiger partial charge in [0.05, 0.1) is 12.6 Å². The molecule has 0 aromatic heterocycles. The highest BCUT2D eigenvalue weighted by molar-refractivity contribution is 5.99. The summed E-state index contributed by atoms with van der Waals surface area (Å²) in [4.78, 5) is 34.0. The second kappa shape index (κ2) is 7.56. The van der Waals surface area contributed by atoms with E-state index < -0.39 is 29.5 Å². The second-order valence-electron chi connectivity index (χ2n) is 4.86. The van der Waals surface area contributed by atoms with Gasteiger partial charge in [0.2, 0.25) is 0 Å². The standard InChI is InChI=1S/C13H21NO5/c1-6-18-11(16)8-7-10(15)9(2)14-12(17)19-13(3,4)5/h7-9H,6H2,1-5H3,(H,14,17)/b8-7+/t9-/m0/s1. The Labute approximate surface area is 113 Å². The Kier molecular flexibility index (Phi) is 6.82. The second-order valence-corrected chi connectivity index (χ2v) is 4.86. The molecule has 0 aliphatic heterocycles. The highest BCUT2D eigenvalue weighted by atomic mass is 16.6. The van der Waals surface area contributed by atoms with Gasteiger partial charge in [-0.15, -0.1) is 0 Å². The molecule has 108 valence electrons. The fraction of sp³-hybridized carbons (Fsp3) is 0.615. The fourth-order valence-corrected chi connectivity index (χ4v) is 1.04. The van der Waals surface area contributed by atoms with Gasteiger partial charge in [0.25, 0.3) is 0 Å². The largest absolute Gasteiger partial charge is 0.463 e. The van der Waals surface area contributed by atoms with Crippen molar-refractivity contribution in [3.8, 4) is 0 Å². The number of hydrogen-bond acceptors (Lipinski definition) is 5. The van der Waals surface area contributed by atoms with E-state index in [1.165, 1.54) is 6.92 Å². The van der Waals surface area contributed by atoms with Gasteiger partial charge >= 0.3 is 12.1 Å². The molecule has 0 aromatic carbocycles. The first-order chi connectivity index (χ1) is 8.65. The third-order valence-corrected chi connectivity index (χ3v) is 1.83. The van der Waals surface area contributed by atoms with Gasteiger partial charge < -0.3 is 14.8 Å². The molecule has 6 heteroatoms. The molecule has 0 fully saturated rings. The van der Waals surface area contributed by atoms with E-state index in [2.05, 4.69) is 10.1 Å². The number of hydrogen-bond donors (Lipinski definition) is 1. The van der Waals surface area contributed by atoms with Crippen LogP contribution in [0.1, 0.15) is 34.6 Å². The zero-order chi connectivity index (χ0) is 15.1. The van der Waals surface area contributed by atoms with Crippen LogP contribution in [0.15, 0.2) is 12.2 Å². The van der Waals surface area contributed by atoms with Crippen molar-refractivity contribution in [2.45, 2.75) is 46.3 Å². The predicted octanol–water partition coefficient (Wildman–Crippen LogP) is 1.59. The van der Waals surface area contributed by atoms with Crippen LogP contribution in [0.25, 0.3) is 0 Å². The first-order valence-electron chi connectivity index (χ1n) is 6.04. The average molecular weight is 271 g/mol. The molecule has 1 atom stereocenters. The molecule has 0 rings (SSSR count). The third kappa shape index (κ3) is 8.82. The minimum absolute atomic E-state index is 0.239. The van der Waals surface area contributed by atoms with Crippen LogP contribution >= 0.6 is 0 Å². The van der Waals surface area contributed by atoms with Crippen LogP contribution in [-0.4, -0.2) is 36.1 Å². The van der Waals surface area contributed by atoms with Gasteiger partial charge in [0.1, 0.15) is 5.60 Å². The molecule has 0 heterocycles. The molecular formula is C13H21NO5. The molecule has 0 aromatic rings. The number of alkyl carbamates (subject to hydrolysis) is 1. The number of rotatable bonds is 5. The lowest BCUT2D eigenvalue weighted by Gasteiger charge is -2.21. The number of nitrogens with one attached hydrogen (secondary N) is 1. The molecular weight excluding hydrogens is 250 g/mol. The first kappa shape index (κ1) is 17.2. The van der Waals surface area contributed by atoms with E-state index in [1.807, 2.05) is 0 Å². The normalized spacial score (nSPS) is 12.9. The molecule has 0 spiro atoms. The Morgan fingerprint density at radius 3 is 2.26 bits per heavy atom. The van der Waals surface area contributed by atoms with E-state index in [0.29, 0.717) is 0 Å². The maximum Gasteiger partial charge on any atom is 0.408 e. The lowest BCUT2D eigenvalue weighted by atomic mass is 10.2. The Morgan fingerprint density at radius 1 is 1.21 bits per heavy atom. The molecule has 1 amide bonds. The van der Waals surface area contributed by atoms with Crippen LogP contribution in [-0.2, 0) is 19.1 Å². The molecule has 0 bridgehead atoms. The topological polar surface area (TPSA) is 81.7 Å². The zero-order valence-electron chi connectivity index (χ0n) is 12.0. The van der Waals surface area contributed by atoms with Gasteiger partial charge in [-0.1, -0.05) is 0 Å². The highest BCUT2D eigenvalue weighted by Crippen LogP contribution is 2.06. The number of ketones is 1.